The Balaban J connectivity index is 1.93. The van der Waals surface area contributed by atoms with Crippen LogP contribution < -0.4 is 4.31 Å². The Bertz CT molecular complexity index is 1000. The van der Waals surface area contributed by atoms with Crippen molar-refractivity contribution in [2.75, 3.05) is 24.4 Å². The molecule has 0 radical (unpaired) electrons. The zero-order valence-electron chi connectivity index (χ0n) is 16.3. The van der Waals surface area contributed by atoms with Gasteiger partial charge in [-0.25, -0.2) is 12.8 Å². The lowest BCUT2D eigenvalue weighted by atomic mass is 10.1. The lowest BCUT2D eigenvalue weighted by Crippen LogP contribution is -2.48. The molecule has 0 bridgehead atoms. The van der Waals surface area contributed by atoms with E-state index in [2.05, 4.69) is 0 Å². The van der Waals surface area contributed by atoms with Gasteiger partial charge in [0.2, 0.25) is 0 Å². The van der Waals surface area contributed by atoms with Gasteiger partial charge in [0, 0.05) is 20.1 Å². The summed E-state index contributed by atoms with van der Waals surface area (Å²) in [5, 5.41) is 0.171. The number of nitrogens with zero attached hydrogens (tertiary/aromatic N) is 2. The Labute approximate surface area is 174 Å². The fourth-order valence-corrected chi connectivity index (χ4v) is 4.71. The van der Waals surface area contributed by atoms with Gasteiger partial charge in [0.15, 0.2) is 0 Å². The van der Waals surface area contributed by atoms with Gasteiger partial charge in [0.1, 0.15) is 5.82 Å². The number of rotatable bonds is 4. The molecule has 2 aromatic rings. The molecule has 9 heteroatoms. The highest BCUT2D eigenvalue weighted by molar-refractivity contribution is 7.92. The number of sulfonamides is 1. The molecule has 0 N–H and O–H groups in total. The third-order valence-electron chi connectivity index (χ3n) is 4.72. The van der Waals surface area contributed by atoms with E-state index >= 15 is 0 Å². The molecule has 1 aliphatic rings. The van der Waals surface area contributed by atoms with Gasteiger partial charge in [-0.15, -0.1) is 0 Å². The van der Waals surface area contributed by atoms with Crippen LogP contribution >= 0.6 is 11.6 Å². The van der Waals surface area contributed by atoms with Crippen molar-refractivity contribution in [1.29, 1.82) is 0 Å². The van der Waals surface area contributed by atoms with Gasteiger partial charge < -0.3 is 9.64 Å². The first-order valence-electron chi connectivity index (χ1n) is 9.08. The monoisotopic (exact) mass is 440 g/mol. The predicted molar refractivity (Wildman–Crippen MR) is 109 cm³/mol. The van der Waals surface area contributed by atoms with Gasteiger partial charge in [-0.3, -0.25) is 9.10 Å². The van der Waals surface area contributed by atoms with Crippen LogP contribution in [0.2, 0.25) is 5.02 Å². The fourth-order valence-electron chi connectivity index (χ4n) is 3.29. The molecule has 2 atom stereocenters. The van der Waals surface area contributed by atoms with E-state index in [9.17, 15) is 17.6 Å². The standard InChI is InChI=1S/C20H22ClFN2O4S/c1-13-11-24(12-14(2)28-13)20(25)18-10-17(8-9-19(18)21)29(26,27)23(3)16-6-4-15(22)5-7-16/h4-10,13-14H,11-12H2,1-3H3/t13-,14+. The van der Waals surface area contributed by atoms with Crippen LogP contribution in [0.25, 0.3) is 0 Å². The van der Waals surface area contributed by atoms with Gasteiger partial charge in [0.05, 0.1) is 33.4 Å². The highest BCUT2D eigenvalue weighted by Crippen LogP contribution is 2.27. The second-order valence-electron chi connectivity index (χ2n) is 7.06. The van der Waals surface area contributed by atoms with Crippen molar-refractivity contribution in [3.63, 3.8) is 0 Å². The van der Waals surface area contributed by atoms with Gasteiger partial charge in [-0.1, -0.05) is 11.6 Å². The topological polar surface area (TPSA) is 66.9 Å². The smallest absolute Gasteiger partial charge is 0.264 e. The summed E-state index contributed by atoms with van der Waals surface area (Å²) in [5.74, 6) is -0.814. The summed E-state index contributed by atoms with van der Waals surface area (Å²) in [6.45, 7) is 4.53. The van der Waals surface area contributed by atoms with Crippen LogP contribution in [0.4, 0.5) is 10.1 Å². The van der Waals surface area contributed by atoms with Crippen LogP contribution in [0.3, 0.4) is 0 Å². The number of hydrogen-bond donors (Lipinski definition) is 0. The molecule has 0 aromatic heterocycles. The van der Waals surface area contributed by atoms with Crippen LogP contribution in [0, 0.1) is 5.82 Å². The van der Waals surface area contributed by atoms with Crippen molar-refractivity contribution >= 4 is 33.2 Å². The molecule has 6 nitrogen and oxygen atoms in total. The summed E-state index contributed by atoms with van der Waals surface area (Å²) in [5.41, 5.74) is 0.409. The van der Waals surface area contributed by atoms with Gasteiger partial charge in [0.25, 0.3) is 15.9 Å². The zero-order chi connectivity index (χ0) is 21.3. The van der Waals surface area contributed by atoms with Crippen molar-refractivity contribution < 1.29 is 22.3 Å². The largest absolute Gasteiger partial charge is 0.372 e. The zero-order valence-corrected chi connectivity index (χ0v) is 17.9. The molecular weight excluding hydrogens is 419 g/mol. The maximum Gasteiger partial charge on any atom is 0.264 e. The van der Waals surface area contributed by atoms with Crippen LogP contribution in [-0.2, 0) is 14.8 Å². The minimum atomic E-state index is -3.97. The average molecular weight is 441 g/mol. The molecule has 1 fully saturated rings. The molecule has 0 spiro atoms. The molecule has 2 aromatic carbocycles. The number of morpholine rings is 1. The number of ether oxygens (including phenoxy) is 1. The summed E-state index contributed by atoms with van der Waals surface area (Å²) >= 11 is 6.22. The Morgan fingerprint density at radius 3 is 2.31 bits per heavy atom. The first-order chi connectivity index (χ1) is 13.6. The van der Waals surface area contributed by atoms with E-state index < -0.39 is 15.8 Å². The molecular formula is C20H22ClFN2O4S. The van der Waals surface area contributed by atoms with Crippen molar-refractivity contribution in [2.24, 2.45) is 0 Å². The SMILES string of the molecule is C[C@@H]1CN(C(=O)c2cc(S(=O)(=O)N(C)c3ccc(F)cc3)ccc2Cl)C[C@H](C)O1. The summed E-state index contributed by atoms with van der Waals surface area (Å²) in [4.78, 5) is 14.5. The highest BCUT2D eigenvalue weighted by Gasteiger charge is 2.29. The molecule has 1 aliphatic heterocycles. The molecule has 156 valence electrons. The molecule has 29 heavy (non-hydrogen) atoms. The van der Waals surface area contributed by atoms with Gasteiger partial charge >= 0.3 is 0 Å². The number of carbonyl (C=O) groups excluding carboxylic acids is 1. The minimum Gasteiger partial charge on any atom is -0.372 e. The van der Waals surface area contributed by atoms with Crippen LogP contribution in [-0.4, -0.2) is 51.6 Å². The molecule has 1 amide bonds. The Morgan fingerprint density at radius 2 is 1.72 bits per heavy atom. The van der Waals surface area contributed by atoms with Crippen LogP contribution in [0.1, 0.15) is 24.2 Å². The Kier molecular flexibility index (Phi) is 6.16. The first-order valence-corrected chi connectivity index (χ1v) is 10.9. The third-order valence-corrected chi connectivity index (χ3v) is 6.83. The maximum absolute atomic E-state index is 13.2. The number of amides is 1. The van der Waals surface area contributed by atoms with Crippen LogP contribution in [0.5, 0.6) is 0 Å². The number of benzene rings is 2. The van der Waals surface area contributed by atoms with E-state index in [0.29, 0.717) is 18.8 Å². The maximum atomic E-state index is 13.2. The Hall–Kier alpha value is -2.16. The second-order valence-corrected chi connectivity index (χ2v) is 9.43. The lowest BCUT2D eigenvalue weighted by molar-refractivity contribution is -0.0586. The lowest BCUT2D eigenvalue weighted by Gasteiger charge is -2.35. The van der Waals surface area contributed by atoms with Gasteiger partial charge in [-0.2, -0.15) is 0 Å². The Morgan fingerprint density at radius 1 is 1.14 bits per heavy atom. The molecule has 0 saturated carbocycles. The number of hydrogen-bond acceptors (Lipinski definition) is 4. The summed E-state index contributed by atoms with van der Waals surface area (Å²) < 4.78 is 45.9. The second kappa shape index (κ2) is 8.30. The molecule has 0 unspecified atom stereocenters. The first kappa shape index (κ1) is 21.5. The highest BCUT2D eigenvalue weighted by atomic mass is 35.5. The average Bonchev–Trinajstić information content (AvgIpc) is 2.67. The number of anilines is 1. The molecule has 1 saturated heterocycles. The number of carbonyl (C=O) groups is 1. The van der Waals surface area contributed by atoms with E-state index in [1.165, 1.54) is 49.5 Å². The molecule has 0 aliphatic carbocycles. The minimum absolute atomic E-state index is 0.0774. The van der Waals surface area contributed by atoms with E-state index in [1.54, 1.807) is 4.90 Å². The van der Waals surface area contributed by atoms with Crippen molar-refractivity contribution in [2.45, 2.75) is 31.0 Å². The van der Waals surface area contributed by atoms with Crippen molar-refractivity contribution in [3.05, 3.63) is 58.9 Å². The van der Waals surface area contributed by atoms with E-state index in [4.69, 9.17) is 16.3 Å². The number of halogens is 2. The summed E-state index contributed by atoms with van der Waals surface area (Å²) in [6.07, 6.45) is -0.254. The fraction of sp³-hybridized carbons (Fsp3) is 0.350. The summed E-state index contributed by atoms with van der Waals surface area (Å²) in [7, 11) is -2.61. The quantitative estimate of drug-likeness (QED) is 0.729. The molecule has 1 heterocycles. The van der Waals surface area contributed by atoms with Crippen molar-refractivity contribution in [1.82, 2.24) is 4.90 Å². The van der Waals surface area contributed by atoms with Gasteiger partial charge in [-0.05, 0) is 56.3 Å². The van der Waals surface area contributed by atoms with Crippen molar-refractivity contribution in [3.8, 4) is 0 Å². The third kappa shape index (κ3) is 4.55. The predicted octanol–water partition coefficient (Wildman–Crippen LogP) is 3.55. The van der Waals surface area contributed by atoms with Crippen LogP contribution in [0.15, 0.2) is 47.4 Å². The van der Waals surface area contributed by atoms with E-state index in [0.717, 1.165) is 4.31 Å². The molecule has 3 rings (SSSR count). The summed E-state index contributed by atoms with van der Waals surface area (Å²) in [6, 6.07) is 9.12. The van der Waals surface area contributed by atoms with E-state index in [1.807, 2.05) is 13.8 Å². The normalized spacial score (nSPS) is 19.8. The van der Waals surface area contributed by atoms with E-state index in [-0.39, 0.29) is 33.6 Å².